The molecule has 0 amide bonds. The normalized spacial score (nSPS) is 12.5. The number of fused-ring (bicyclic) bond motifs is 4. The summed E-state index contributed by atoms with van der Waals surface area (Å²) in [7, 11) is 1.71. The number of aromatic nitrogens is 1. The van der Waals surface area contributed by atoms with Gasteiger partial charge in [-0.15, -0.1) is 0 Å². The van der Waals surface area contributed by atoms with Gasteiger partial charge >= 0.3 is 0 Å². The van der Waals surface area contributed by atoms with Crippen molar-refractivity contribution in [2.75, 3.05) is 12.0 Å². The van der Waals surface area contributed by atoms with Crippen molar-refractivity contribution >= 4 is 27.8 Å². The fourth-order valence-electron chi connectivity index (χ4n) is 8.77. The largest absolute Gasteiger partial charge is 0.497 e. The summed E-state index contributed by atoms with van der Waals surface area (Å²) in [6.07, 6.45) is 3.73. The van der Waals surface area contributed by atoms with Crippen LogP contribution in [0.4, 0.5) is 17.1 Å². The second kappa shape index (κ2) is 13.9. The van der Waals surface area contributed by atoms with Gasteiger partial charge in [-0.3, -0.25) is 4.98 Å². The van der Waals surface area contributed by atoms with Crippen LogP contribution in [0.3, 0.4) is 0 Å². The summed E-state index contributed by atoms with van der Waals surface area (Å²) < 4.78 is 5.55. The zero-order chi connectivity index (χ0) is 37.5. The van der Waals surface area contributed by atoms with Gasteiger partial charge in [-0.1, -0.05) is 146 Å². The molecule has 3 nitrogen and oxygen atoms in total. The predicted molar refractivity (Wildman–Crippen MR) is 231 cm³/mol. The molecule has 0 saturated carbocycles. The van der Waals surface area contributed by atoms with Crippen LogP contribution in [0.15, 0.2) is 213 Å². The molecule has 10 rings (SSSR count). The average molecular weight is 719 g/mol. The number of ether oxygens (including phenoxy) is 1. The highest BCUT2D eigenvalue weighted by Gasteiger charge is 2.46. The van der Waals surface area contributed by atoms with Crippen LogP contribution in [-0.2, 0) is 5.41 Å². The molecular formula is C53H38N2O. The molecule has 1 aliphatic rings. The van der Waals surface area contributed by atoms with Crippen LogP contribution in [0.2, 0.25) is 0 Å². The van der Waals surface area contributed by atoms with Crippen LogP contribution < -0.4 is 9.64 Å². The minimum Gasteiger partial charge on any atom is -0.497 e. The van der Waals surface area contributed by atoms with E-state index in [1.54, 1.807) is 7.11 Å². The monoisotopic (exact) mass is 718 g/mol. The number of benzene rings is 8. The topological polar surface area (TPSA) is 25.4 Å². The SMILES string of the molecule is COc1ccc(N(c2ccc(C3(c4cccc(-c5ccc(-c6cccnc6)cc5)c4)c4ccccc4-c4ccccc43)cc2)c2cccc3ccccc23)cc1. The van der Waals surface area contributed by atoms with E-state index in [0.717, 1.165) is 33.9 Å². The maximum Gasteiger partial charge on any atom is 0.119 e. The van der Waals surface area contributed by atoms with Gasteiger partial charge in [0, 0.05) is 29.2 Å². The van der Waals surface area contributed by atoms with Crippen molar-refractivity contribution in [1.29, 1.82) is 0 Å². The molecule has 1 aromatic heterocycles. The molecule has 266 valence electrons. The molecule has 1 heterocycles. The molecule has 3 heteroatoms. The van der Waals surface area contributed by atoms with Crippen molar-refractivity contribution in [1.82, 2.24) is 4.98 Å². The maximum absolute atomic E-state index is 5.55. The second-order valence-electron chi connectivity index (χ2n) is 14.3. The smallest absolute Gasteiger partial charge is 0.119 e. The van der Waals surface area contributed by atoms with E-state index in [0.29, 0.717) is 0 Å². The van der Waals surface area contributed by atoms with Crippen molar-refractivity contribution in [2.45, 2.75) is 5.41 Å². The van der Waals surface area contributed by atoms with Crippen LogP contribution in [0, 0.1) is 0 Å². The molecule has 0 atom stereocenters. The first-order valence-corrected chi connectivity index (χ1v) is 19.1. The molecule has 0 spiro atoms. The van der Waals surface area contributed by atoms with Gasteiger partial charge in [-0.2, -0.15) is 0 Å². The van der Waals surface area contributed by atoms with Crippen molar-refractivity contribution < 1.29 is 4.74 Å². The zero-order valence-corrected chi connectivity index (χ0v) is 31.0. The number of nitrogens with zero attached hydrogens (tertiary/aromatic N) is 2. The van der Waals surface area contributed by atoms with Crippen LogP contribution >= 0.6 is 0 Å². The molecule has 0 N–H and O–H groups in total. The number of rotatable bonds is 8. The third kappa shape index (κ3) is 5.48. The lowest BCUT2D eigenvalue weighted by Crippen LogP contribution is -2.28. The summed E-state index contributed by atoms with van der Waals surface area (Å²) in [6, 6.07) is 72.6. The van der Waals surface area contributed by atoms with Crippen LogP contribution in [0.1, 0.15) is 22.3 Å². The van der Waals surface area contributed by atoms with E-state index in [4.69, 9.17) is 4.74 Å². The molecule has 0 radical (unpaired) electrons. The van der Waals surface area contributed by atoms with E-state index in [-0.39, 0.29) is 0 Å². The van der Waals surface area contributed by atoms with E-state index in [2.05, 4.69) is 192 Å². The summed E-state index contributed by atoms with van der Waals surface area (Å²) in [5, 5.41) is 2.39. The Kier molecular flexibility index (Phi) is 8.26. The fraction of sp³-hybridized carbons (Fsp3) is 0.0377. The highest BCUT2D eigenvalue weighted by molar-refractivity contribution is 5.99. The van der Waals surface area contributed by atoms with E-state index in [1.807, 2.05) is 30.6 Å². The molecule has 0 saturated heterocycles. The van der Waals surface area contributed by atoms with Crippen LogP contribution in [0.5, 0.6) is 5.75 Å². The number of hydrogen-bond acceptors (Lipinski definition) is 3. The summed E-state index contributed by atoms with van der Waals surface area (Å²) >= 11 is 0. The van der Waals surface area contributed by atoms with E-state index in [1.165, 1.54) is 55.3 Å². The van der Waals surface area contributed by atoms with E-state index < -0.39 is 5.41 Å². The van der Waals surface area contributed by atoms with Gasteiger partial charge in [-0.25, -0.2) is 0 Å². The molecular weight excluding hydrogens is 681 g/mol. The van der Waals surface area contributed by atoms with Gasteiger partial charge in [0.05, 0.1) is 18.2 Å². The molecule has 0 bridgehead atoms. The van der Waals surface area contributed by atoms with Crippen molar-refractivity contribution in [3.63, 3.8) is 0 Å². The summed E-state index contributed by atoms with van der Waals surface area (Å²) in [6.45, 7) is 0. The van der Waals surface area contributed by atoms with Gasteiger partial charge in [0.1, 0.15) is 5.75 Å². The van der Waals surface area contributed by atoms with Gasteiger partial charge < -0.3 is 9.64 Å². The first-order valence-electron chi connectivity index (χ1n) is 19.1. The van der Waals surface area contributed by atoms with Gasteiger partial charge in [0.15, 0.2) is 0 Å². The van der Waals surface area contributed by atoms with Gasteiger partial charge in [0.25, 0.3) is 0 Å². The Bertz CT molecular complexity index is 2780. The first-order chi connectivity index (χ1) is 27.7. The number of hydrogen-bond donors (Lipinski definition) is 0. The van der Waals surface area contributed by atoms with Gasteiger partial charge in [0.2, 0.25) is 0 Å². The van der Waals surface area contributed by atoms with Crippen molar-refractivity contribution in [3.8, 4) is 39.1 Å². The molecule has 0 unspecified atom stereocenters. The highest BCUT2D eigenvalue weighted by atomic mass is 16.5. The minimum atomic E-state index is -0.540. The third-order valence-corrected chi connectivity index (χ3v) is 11.4. The maximum atomic E-state index is 5.55. The Hall–Kier alpha value is -7.23. The highest BCUT2D eigenvalue weighted by Crippen LogP contribution is 2.56. The average Bonchev–Trinajstić information content (AvgIpc) is 3.58. The number of anilines is 3. The second-order valence-corrected chi connectivity index (χ2v) is 14.3. The van der Waals surface area contributed by atoms with Gasteiger partial charge in [-0.05, 0) is 116 Å². The predicted octanol–water partition coefficient (Wildman–Crippen LogP) is 13.4. The Morgan fingerprint density at radius 2 is 1.05 bits per heavy atom. The van der Waals surface area contributed by atoms with Crippen LogP contribution in [-0.4, -0.2) is 12.1 Å². The molecule has 56 heavy (non-hydrogen) atoms. The Balaban J connectivity index is 1.14. The molecule has 0 aliphatic heterocycles. The molecule has 1 aliphatic carbocycles. The Morgan fingerprint density at radius 1 is 0.464 bits per heavy atom. The minimum absolute atomic E-state index is 0.540. The molecule has 9 aromatic rings. The third-order valence-electron chi connectivity index (χ3n) is 11.4. The van der Waals surface area contributed by atoms with E-state index >= 15 is 0 Å². The summed E-state index contributed by atoms with van der Waals surface area (Å²) in [4.78, 5) is 6.68. The number of methoxy groups -OCH3 is 1. The zero-order valence-electron chi connectivity index (χ0n) is 31.0. The Morgan fingerprint density at radius 3 is 1.73 bits per heavy atom. The van der Waals surface area contributed by atoms with E-state index in [9.17, 15) is 0 Å². The fourth-order valence-corrected chi connectivity index (χ4v) is 8.77. The molecule has 8 aromatic carbocycles. The summed E-state index contributed by atoms with van der Waals surface area (Å²) in [5.41, 5.74) is 14.9. The van der Waals surface area contributed by atoms with Crippen LogP contribution in [0.25, 0.3) is 44.2 Å². The standard InChI is InChI=1S/C53H38N2O/c1-56-46-32-30-45(31-33-46)55(52-21-9-12-39-11-2-3-16-47(39)52)44-28-26-42(27-29-44)53(50-19-6-4-17-48(50)49-18-5-7-20-51(49)53)43-15-8-13-40(35-43)37-22-24-38(25-23-37)41-14-10-34-54-36-41/h2-36H,1H3. The quantitative estimate of drug-likeness (QED) is 0.156. The molecule has 0 fully saturated rings. The lowest BCUT2D eigenvalue weighted by molar-refractivity contribution is 0.415. The summed E-state index contributed by atoms with van der Waals surface area (Å²) in [5.74, 6) is 0.828. The Labute approximate surface area is 327 Å². The lowest BCUT2D eigenvalue weighted by atomic mass is 9.67. The van der Waals surface area contributed by atoms with Crippen molar-refractivity contribution in [2.24, 2.45) is 0 Å². The first kappa shape index (κ1) is 33.3. The lowest BCUT2D eigenvalue weighted by Gasteiger charge is -2.35. The van der Waals surface area contributed by atoms with Crippen molar-refractivity contribution in [3.05, 3.63) is 235 Å². The number of pyridine rings is 1.